The van der Waals surface area contributed by atoms with Crippen LogP contribution in [0, 0.1) is 5.92 Å². The molecule has 0 aliphatic heterocycles. The number of imidazole rings is 1. The number of hydrogen-bond donors (Lipinski definition) is 0. The molecule has 3 nitrogen and oxygen atoms in total. The van der Waals surface area contributed by atoms with Gasteiger partial charge in [-0.1, -0.05) is 31.7 Å². The second-order valence-corrected chi connectivity index (χ2v) is 7.38. The van der Waals surface area contributed by atoms with Gasteiger partial charge in [0.2, 0.25) is 0 Å². The first-order valence-electron chi connectivity index (χ1n) is 7.20. The summed E-state index contributed by atoms with van der Waals surface area (Å²) in [6.07, 6.45) is 6.28. The van der Waals surface area contributed by atoms with Gasteiger partial charge in [-0.05, 0) is 30.9 Å². The van der Waals surface area contributed by atoms with Crippen molar-refractivity contribution in [1.29, 1.82) is 0 Å². The van der Waals surface area contributed by atoms with Crippen LogP contribution in [-0.2, 0) is 12.2 Å². The maximum atomic E-state index is 4.72. The van der Waals surface area contributed by atoms with E-state index in [1.54, 1.807) is 23.1 Å². The minimum absolute atomic E-state index is 0.739. The van der Waals surface area contributed by atoms with Gasteiger partial charge in [0, 0.05) is 17.3 Å². The van der Waals surface area contributed by atoms with E-state index in [1.165, 1.54) is 11.4 Å². The monoisotopic (exact) mass is 317 g/mol. The lowest BCUT2D eigenvalue weighted by atomic mass is 10.1. The third-order valence-electron chi connectivity index (χ3n) is 3.29. The van der Waals surface area contributed by atoms with Crippen LogP contribution < -0.4 is 0 Å². The van der Waals surface area contributed by atoms with Crippen molar-refractivity contribution >= 4 is 28.6 Å². The number of hydrogen-bond acceptors (Lipinski definition) is 4. The summed E-state index contributed by atoms with van der Waals surface area (Å²) < 4.78 is 2.12. The first kappa shape index (κ1) is 14.6. The molecule has 0 atom stereocenters. The summed E-state index contributed by atoms with van der Waals surface area (Å²) in [6.45, 7) is 4.52. The molecular formula is C16H19N3S2. The molecule has 0 saturated carbocycles. The van der Waals surface area contributed by atoms with Gasteiger partial charge in [0.1, 0.15) is 0 Å². The predicted molar refractivity (Wildman–Crippen MR) is 90.0 cm³/mol. The first-order valence-corrected chi connectivity index (χ1v) is 9.07. The summed E-state index contributed by atoms with van der Waals surface area (Å²) in [4.78, 5) is 9.20. The molecule has 110 valence electrons. The molecule has 0 spiro atoms. The van der Waals surface area contributed by atoms with E-state index in [1.807, 2.05) is 18.3 Å². The van der Waals surface area contributed by atoms with Crippen molar-refractivity contribution in [2.75, 3.05) is 0 Å². The lowest BCUT2D eigenvalue weighted by Crippen LogP contribution is -1.92. The van der Waals surface area contributed by atoms with E-state index in [4.69, 9.17) is 4.98 Å². The van der Waals surface area contributed by atoms with E-state index in [9.17, 15) is 0 Å². The Bertz CT molecular complexity index is 715. The van der Waals surface area contributed by atoms with Crippen LogP contribution >= 0.6 is 23.1 Å². The average molecular weight is 317 g/mol. The molecule has 3 rings (SSSR count). The summed E-state index contributed by atoms with van der Waals surface area (Å²) >= 11 is 3.52. The molecule has 0 aliphatic carbocycles. The van der Waals surface area contributed by atoms with E-state index < -0.39 is 0 Å². The van der Waals surface area contributed by atoms with Gasteiger partial charge in [0.15, 0.2) is 5.16 Å². The second-order valence-electron chi connectivity index (χ2n) is 5.49. The van der Waals surface area contributed by atoms with Crippen LogP contribution in [-0.4, -0.2) is 14.4 Å². The third kappa shape index (κ3) is 3.66. The van der Waals surface area contributed by atoms with Gasteiger partial charge in [-0.25, -0.2) is 9.97 Å². The predicted octanol–water partition coefficient (Wildman–Crippen LogP) is 4.67. The molecule has 0 bridgehead atoms. The molecule has 3 heterocycles. The third-order valence-corrected chi connectivity index (χ3v) is 5.25. The zero-order valence-corrected chi connectivity index (χ0v) is 14.0. The zero-order valence-electron chi connectivity index (χ0n) is 12.3. The lowest BCUT2D eigenvalue weighted by molar-refractivity contribution is 0.585. The molecular weight excluding hydrogens is 298 g/mol. The minimum atomic E-state index is 0.739. The van der Waals surface area contributed by atoms with Crippen LogP contribution in [0.25, 0.3) is 5.52 Å². The Balaban J connectivity index is 1.62. The Morgan fingerprint density at radius 3 is 3.10 bits per heavy atom. The molecule has 0 radical (unpaired) electrons. The maximum Gasteiger partial charge on any atom is 0.172 e. The van der Waals surface area contributed by atoms with Gasteiger partial charge in [0.05, 0.1) is 22.4 Å². The van der Waals surface area contributed by atoms with Gasteiger partial charge < -0.3 is 0 Å². The summed E-state index contributed by atoms with van der Waals surface area (Å²) in [5.74, 6) is 1.62. The van der Waals surface area contributed by atoms with Crippen molar-refractivity contribution in [3.63, 3.8) is 0 Å². The molecule has 0 aromatic carbocycles. The molecule has 0 amide bonds. The number of pyridine rings is 1. The maximum absolute atomic E-state index is 4.72. The summed E-state index contributed by atoms with van der Waals surface area (Å²) in [6, 6.07) is 6.14. The van der Waals surface area contributed by atoms with Gasteiger partial charge in [-0.15, -0.1) is 11.3 Å². The Morgan fingerprint density at radius 1 is 1.33 bits per heavy atom. The fourth-order valence-electron chi connectivity index (χ4n) is 2.11. The van der Waals surface area contributed by atoms with Crippen molar-refractivity contribution in [2.45, 2.75) is 37.6 Å². The van der Waals surface area contributed by atoms with Crippen LogP contribution in [0.1, 0.15) is 31.0 Å². The summed E-state index contributed by atoms with van der Waals surface area (Å²) in [5.41, 5.74) is 2.30. The Kier molecular flexibility index (Phi) is 4.60. The molecule has 0 N–H and O–H groups in total. The standard InChI is InChI=1S/C16H19N3S2/c1-12(2)6-7-15-18-13(10-20-15)11-21-16-17-9-14-5-3-4-8-19(14)16/h3-5,8-10,12H,6-7,11H2,1-2H3. The van der Waals surface area contributed by atoms with Crippen molar-refractivity contribution in [1.82, 2.24) is 14.4 Å². The van der Waals surface area contributed by atoms with E-state index in [2.05, 4.69) is 40.9 Å². The van der Waals surface area contributed by atoms with Crippen LogP contribution in [0.5, 0.6) is 0 Å². The van der Waals surface area contributed by atoms with Crippen LogP contribution in [0.4, 0.5) is 0 Å². The van der Waals surface area contributed by atoms with E-state index >= 15 is 0 Å². The molecule has 0 aliphatic rings. The highest BCUT2D eigenvalue weighted by Crippen LogP contribution is 2.24. The molecule has 0 fully saturated rings. The van der Waals surface area contributed by atoms with Crippen molar-refractivity contribution in [2.24, 2.45) is 5.92 Å². The Labute approximate surface area is 133 Å². The van der Waals surface area contributed by atoms with Crippen molar-refractivity contribution in [3.05, 3.63) is 46.7 Å². The highest BCUT2D eigenvalue weighted by Gasteiger charge is 2.07. The fourth-order valence-corrected chi connectivity index (χ4v) is 3.88. The fraction of sp³-hybridized carbons (Fsp3) is 0.375. The van der Waals surface area contributed by atoms with Crippen molar-refractivity contribution < 1.29 is 0 Å². The topological polar surface area (TPSA) is 30.2 Å². The number of aryl methyl sites for hydroxylation is 1. The van der Waals surface area contributed by atoms with Crippen LogP contribution in [0.2, 0.25) is 0 Å². The van der Waals surface area contributed by atoms with E-state index in [-0.39, 0.29) is 0 Å². The first-order chi connectivity index (χ1) is 10.2. The largest absolute Gasteiger partial charge is 0.295 e. The van der Waals surface area contributed by atoms with E-state index in [0.717, 1.165) is 34.5 Å². The molecule has 0 unspecified atom stereocenters. The molecule has 3 aromatic heterocycles. The van der Waals surface area contributed by atoms with Gasteiger partial charge in [0.25, 0.3) is 0 Å². The van der Waals surface area contributed by atoms with E-state index in [0.29, 0.717) is 0 Å². The number of thiazole rings is 1. The average Bonchev–Trinajstić information content (AvgIpc) is 3.10. The highest BCUT2D eigenvalue weighted by atomic mass is 32.2. The highest BCUT2D eigenvalue weighted by molar-refractivity contribution is 7.98. The van der Waals surface area contributed by atoms with Gasteiger partial charge in [-0.2, -0.15) is 0 Å². The smallest absolute Gasteiger partial charge is 0.172 e. The quantitative estimate of drug-likeness (QED) is 0.619. The van der Waals surface area contributed by atoms with Gasteiger partial charge >= 0.3 is 0 Å². The number of rotatable bonds is 6. The van der Waals surface area contributed by atoms with Crippen LogP contribution in [0.15, 0.2) is 41.1 Å². The normalized spacial score (nSPS) is 11.6. The number of nitrogens with zero attached hydrogens (tertiary/aromatic N) is 3. The van der Waals surface area contributed by atoms with Crippen molar-refractivity contribution in [3.8, 4) is 0 Å². The zero-order chi connectivity index (χ0) is 14.7. The lowest BCUT2D eigenvalue weighted by Gasteiger charge is -2.01. The molecule has 3 aromatic rings. The summed E-state index contributed by atoms with van der Waals surface area (Å²) in [5, 5.41) is 4.47. The van der Waals surface area contributed by atoms with Gasteiger partial charge in [-0.3, -0.25) is 4.40 Å². The number of thioether (sulfide) groups is 1. The minimum Gasteiger partial charge on any atom is -0.295 e. The number of aromatic nitrogens is 3. The molecule has 0 saturated heterocycles. The number of fused-ring (bicyclic) bond motifs is 1. The van der Waals surface area contributed by atoms with Crippen LogP contribution in [0.3, 0.4) is 0 Å². The molecule has 21 heavy (non-hydrogen) atoms. The summed E-state index contributed by atoms with van der Waals surface area (Å²) in [7, 11) is 0. The second kappa shape index (κ2) is 6.62. The molecule has 5 heteroatoms. The SMILES string of the molecule is CC(C)CCc1nc(CSc2ncc3ccccn23)cs1. The Hall–Kier alpha value is -1.33. The Morgan fingerprint density at radius 2 is 2.24 bits per heavy atom.